The molecule has 10 heavy (non-hydrogen) atoms. The highest BCUT2D eigenvalue weighted by atomic mass is 35.5. The van der Waals surface area contributed by atoms with E-state index in [9.17, 15) is 0 Å². The molecule has 2 nitrogen and oxygen atoms in total. The van der Waals surface area contributed by atoms with Crippen molar-refractivity contribution in [3.63, 3.8) is 0 Å². The molecule has 0 radical (unpaired) electrons. The number of hydrogen-bond acceptors (Lipinski definition) is 1. The van der Waals surface area contributed by atoms with Gasteiger partial charge in [0.1, 0.15) is 0 Å². The van der Waals surface area contributed by atoms with Gasteiger partial charge in [0.05, 0.1) is 5.69 Å². The van der Waals surface area contributed by atoms with Crippen LogP contribution in [0.5, 0.6) is 0 Å². The van der Waals surface area contributed by atoms with E-state index in [-0.39, 0.29) is 12.4 Å². The van der Waals surface area contributed by atoms with E-state index in [2.05, 4.69) is 25.0 Å². The Balaban J connectivity index is 0.000000810. The van der Waals surface area contributed by atoms with Gasteiger partial charge in [-0.3, -0.25) is 4.68 Å². The summed E-state index contributed by atoms with van der Waals surface area (Å²) in [5, 5.41) is 4.26. The fourth-order valence-corrected chi connectivity index (χ4v) is 0.768. The summed E-state index contributed by atoms with van der Waals surface area (Å²) in [7, 11) is 0. The van der Waals surface area contributed by atoms with Gasteiger partial charge in [-0.2, -0.15) is 5.10 Å². The molecule has 0 saturated carbocycles. The molecule has 0 N–H and O–H groups in total. The van der Waals surface area contributed by atoms with Crippen molar-refractivity contribution >= 4 is 12.4 Å². The minimum absolute atomic E-state index is 0. The zero-order valence-corrected chi connectivity index (χ0v) is 7.19. The van der Waals surface area contributed by atoms with Gasteiger partial charge in [0.2, 0.25) is 0 Å². The summed E-state index contributed by atoms with van der Waals surface area (Å²) in [5.41, 5.74) is 1.18. The SMILES string of the molecule is CCc1ccn(CC)n1.Cl. The molecule has 0 aliphatic heterocycles. The lowest BCUT2D eigenvalue weighted by Gasteiger charge is -1.90. The van der Waals surface area contributed by atoms with E-state index in [4.69, 9.17) is 0 Å². The standard InChI is InChI=1S/C7H12N2.ClH/c1-3-7-5-6-9(4-2)8-7;/h5-6H,3-4H2,1-2H3;1H. The minimum Gasteiger partial charge on any atom is -0.273 e. The summed E-state index contributed by atoms with van der Waals surface area (Å²) < 4.78 is 1.94. The summed E-state index contributed by atoms with van der Waals surface area (Å²) in [5.74, 6) is 0. The van der Waals surface area contributed by atoms with Crippen LogP contribution in [0.25, 0.3) is 0 Å². The Morgan fingerprint density at radius 3 is 2.50 bits per heavy atom. The van der Waals surface area contributed by atoms with E-state index in [0.29, 0.717) is 0 Å². The monoisotopic (exact) mass is 160 g/mol. The van der Waals surface area contributed by atoms with Crippen LogP contribution in [-0.4, -0.2) is 9.78 Å². The van der Waals surface area contributed by atoms with Crippen LogP contribution in [0.2, 0.25) is 0 Å². The highest BCUT2D eigenvalue weighted by Crippen LogP contribution is 1.94. The van der Waals surface area contributed by atoms with Crippen molar-refractivity contribution in [2.75, 3.05) is 0 Å². The van der Waals surface area contributed by atoms with Crippen molar-refractivity contribution < 1.29 is 0 Å². The molecule has 0 spiro atoms. The molecule has 0 aromatic carbocycles. The first-order valence-electron chi connectivity index (χ1n) is 3.39. The summed E-state index contributed by atoms with van der Waals surface area (Å²) in [6, 6.07) is 2.06. The molecule has 0 amide bonds. The molecule has 1 heterocycles. The summed E-state index contributed by atoms with van der Waals surface area (Å²) in [6.07, 6.45) is 3.05. The first kappa shape index (κ1) is 9.50. The van der Waals surface area contributed by atoms with Crippen molar-refractivity contribution in [3.8, 4) is 0 Å². The second-order valence-corrected chi connectivity index (χ2v) is 2.02. The lowest BCUT2D eigenvalue weighted by atomic mass is 10.4. The fourth-order valence-electron chi connectivity index (χ4n) is 0.768. The zero-order chi connectivity index (χ0) is 6.69. The van der Waals surface area contributed by atoms with Crippen LogP contribution in [-0.2, 0) is 13.0 Å². The fraction of sp³-hybridized carbons (Fsp3) is 0.571. The van der Waals surface area contributed by atoms with Gasteiger partial charge in [-0.15, -0.1) is 12.4 Å². The van der Waals surface area contributed by atoms with Crippen LogP contribution in [0.1, 0.15) is 19.5 Å². The van der Waals surface area contributed by atoms with Gasteiger partial charge in [0, 0.05) is 12.7 Å². The van der Waals surface area contributed by atoms with Crippen molar-refractivity contribution in [3.05, 3.63) is 18.0 Å². The third-order valence-corrected chi connectivity index (χ3v) is 1.38. The second kappa shape index (κ2) is 4.34. The maximum Gasteiger partial charge on any atom is 0.0621 e. The van der Waals surface area contributed by atoms with Crippen molar-refractivity contribution in [2.45, 2.75) is 26.8 Å². The maximum absolute atomic E-state index is 4.26. The summed E-state index contributed by atoms with van der Waals surface area (Å²) in [4.78, 5) is 0. The molecule has 1 aromatic rings. The molecule has 3 heteroatoms. The van der Waals surface area contributed by atoms with Gasteiger partial charge in [0.15, 0.2) is 0 Å². The number of hydrogen-bond donors (Lipinski definition) is 0. The zero-order valence-electron chi connectivity index (χ0n) is 6.37. The number of nitrogens with zero attached hydrogens (tertiary/aromatic N) is 2. The molecule has 0 saturated heterocycles. The lowest BCUT2D eigenvalue weighted by molar-refractivity contribution is 0.648. The highest BCUT2D eigenvalue weighted by Gasteiger charge is 1.91. The number of aryl methyl sites for hydroxylation is 2. The molecule has 58 valence electrons. The summed E-state index contributed by atoms with van der Waals surface area (Å²) in [6.45, 7) is 5.18. The first-order valence-corrected chi connectivity index (χ1v) is 3.39. The molecule has 0 atom stereocenters. The normalized spacial score (nSPS) is 9.00. The molecule has 0 aliphatic rings. The Morgan fingerprint density at radius 1 is 1.50 bits per heavy atom. The van der Waals surface area contributed by atoms with Crippen molar-refractivity contribution in [1.29, 1.82) is 0 Å². The van der Waals surface area contributed by atoms with Gasteiger partial charge in [-0.05, 0) is 19.4 Å². The molecule has 0 aliphatic carbocycles. The molecule has 0 unspecified atom stereocenters. The van der Waals surface area contributed by atoms with Gasteiger partial charge >= 0.3 is 0 Å². The molecular formula is C7H13ClN2. The van der Waals surface area contributed by atoms with E-state index in [1.165, 1.54) is 5.69 Å². The number of halogens is 1. The predicted molar refractivity (Wildman–Crippen MR) is 44.5 cm³/mol. The Labute approximate surface area is 67.7 Å². The summed E-state index contributed by atoms with van der Waals surface area (Å²) >= 11 is 0. The Bertz CT molecular complexity index is 165. The van der Waals surface area contributed by atoms with Crippen LogP contribution < -0.4 is 0 Å². The molecule has 1 aromatic heterocycles. The third kappa shape index (κ3) is 2.03. The van der Waals surface area contributed by atoms with Crippen LogP contribution >= 0.6 is 12.4 Å². The van der Waals surface area contributed by atoms with Gasteiger partial charge < -0.3 is 0 Å². The van der Waals surface area contributed by atoms with E-state index in [1.807, 2.05) is 10.9 Å². The largest absolute Gasteiger partial charge is 0.273 e. The Kier molecular flexibility index (Phi) is 4.12. The second-order valence-electron chi connectivity index (χ2n) is 2.02. The average molecular weight is 161 g/mol. The molecule has 0 fully saturated rings. The quantitative estimate of drug-likeness (QED) is 0.646. The smallest absolute Gasteiger partial charge is 0.0621 e. The van der Waals surface area contributed by atoms with Crippen LogP contribution in [0, 0.1) is 0 Å². The number of aromatic nitrogens is 2. The highest BCUT2D eigenvalue weighted by molar-refractivity contribution is 5.85. The lowest BCUT2D eigenvalue weighted by Crippen LogP contribution is -1.94. The molecule has 1 rings (SSSR count). The van der Waals surface area contributed by atoms with Crippen LogP contribution in [0.4, 0.5) is 0 Å². The van der Waals surface area contributed by atoms with Crippen LogP contribution in [0.3, 0.4) is 0 Å². The van der Waals surface area contributed by atoms with Crippen molar-refractivity contribution in [2.24, 2.45) is 0 Å². The van der Waals surface area contributed by atoms with E-state index >= 15 is 0 Å². The topological polar surface area (TPSA) is 17.8 Å². The molecule has 0 bridgehead atoms. The molecular weight excluding hydrogens is 148 g/mol. The Hall–Kier alpha value is -0.500. The van der Waals surface area contributed by atoms with Gasteiger partial charge in [-0.25, -0.2) is 0 Å². The van der Waals surface area contributed by atoms with E-state index in [0.717, 1.165) is 13.0 Å². The van der Waals surface area contributed by atoms with Gasteiger partial charge in [-0.1, -0.05) is 6.92 Å². The van der Waals surface area contributed by atoms with E-state index in [1.54, 1.807) is 0 Å². The van der Waals surface area contributed by atoms with E-state index < -0.39 is 0 Å². The maximum atomic E-state index is 4.26. The Morgan fingerprint density at radius 2 is 2.20 bits per heavy atom. The van der Waals surface area contributed by atoms with Crippen LogP contribution in [0.15, 0.2) is 12.3 Å². The minimum atomic E-state index is 0. The first-order chi connectivity index (χ1) is 4.36. The third-order valence-electron chi connectivity index (χ3n) is 1.38. The van der Waals surface area contributed by atoms with Gasteiger partial charge in [0.25, 0.3) is 0 Å². The number of rotatable bonds is 2. The predicted octanol–water partition coefficient (Wildman–Crippen LogP) is 1.89. The average Bonchev–Trinajstić information content (AvgIpc) is 2.34. The van der Waals surface area contributed by atoms with Crippen molar-refractivity contribution in [1.82, 2.24) is 9.78 Å².